The summed E-state index contributed by atoms with van der Waals surface area (Å²) in [6, 6.07) is 22.3. The van der Waals surface area contributed by atoms with Crippen molar-refractivity contribution in [1.29, 1.82) is 0 Å². The third-order valence-corrected chi connectivity index (χ3v) is 5.03. The SMILES string of the molecule is c1ccc(Sc2ccc(-c3nc4ccccc4s3)o2)cc1. The monoisotopic (exact) mass is 309 g/mol. The first kappa shape index (κ1) is 12.7. The Balaban J connectivity index is 1.64. The van der Waals surface area contributed by atoms with Crippen LogP contribution in [0.1, 0.15) is 0 Å². The molecule has 2 nitrogen and oxygen atoms in total. The molecule has 2 aromatic carbocycles. The van der Waals surface area contributed by atoms with Crippen molar-refractivity contribution >= 4 is 33.3 Å². The summed E-state index contributed by atoms with van der Waals surface area (Å²) < 4.78 is 7.10. The highest BCUT2D eigenvalue weighted by atomic mass is 32.2. The Bertz CT molecular complexity index is 847. The predicted molar refractivity (Wildman–Crippen MR) is 87.9 cm³/mol. The topological polar surface area (TPSA) is 26.0 Å². The van der Waals surface area contributed by atoms with Crippen LogP contribution in [0.2, 0.25) is 0 Å². The van der Waals surface area contributed by atoms with Gasteiger partial charge in [0.2, 0.25) is 0 Å². The van der Waals surface area contributed by atoms with Gasteiger partial charge < -0.3 is 4.42 Å². The van der Waals surface area contributed by atoms with Crippen molar-refractivity contribution in [2.24, 2.45) is 0 Å². The highest BCUT2D eigenvalue weighted by Crippen LogP contribution is 2.35. The maximum absolute atomic E-state index is 5.91. The van der Waals surface area contributed by atoms with Crippen LogP contribution in [0.3, 0.4) is 0 Å². The van der Waals surface area contributed by atoms with E-state index in [9.17, 15) is 0 Å². The Labute approximate surface area is 130 Å². The molecule has 0 radical (unpaired) electrons. The fraction of sp³-hybridized carbons (Fsp3) is 0. The summed E-state index contributed by atoms with van der Waals surface area (Å²) in [6.07, 6.45) is 0. The van der Waals surface area contributed by atoms with Crippen molar-refractivity contribution in [2.75, 3.05) is 0 Å². The highest BCUT2D eigenvalue weighted by Gasteiger charge is 2.11. The first-order valence-electron chi connectivity index (χ1n) is 6.57. The molecule has 4 rings (SSSR count). The molecule has 4 heteroatoms. The third-order valence-electron chi connectivity index (χ3n) is 3.05. The number of hydrogen-bond acceptors (Lipinski definition) is 4. The lowest BCUT2D eigenvalue weighted by Crippen LogP contribution is -1.70. The van der Waals surface area contributed by atoms with E-state index < -0.39 is 0 Å². The lowest BCUT2D eigenvalue weighted by atomic mass is 10.3. The number of fused-ring (bicyclic) bond motifs is 1. The minimum absolute atomic E-state index is 0.828. The van der Waals surface area contributed by atoms with Gasteiger partial charge in [-0.2, -0.15) is 0 Å². The van der Waals surface area contributed by atoms with Crippen LogP contribution in [0, 0.1) is 0 Å². The van der Waals surface area contributed by atoms with Crippen LogP contribution in [-0.4, -0.2) is 4.98 Å². The Morgan fingerprint density at radius 2 is 1.67 bits per heavy atom. The van der Waals surface area contributed by atoms with Gasteiger partial charge in [0, 0.05) is 4.90 Å². The second-order valence-corrected chi connectivity index (χ2v) is 6.63. The molecule has 21 heavy (non-hydrogen) atoms. The Morgan fingerprint density at radius 1 is 0.857 bits per heavy atom. The number of nitrogens with zero attached hydrogens (tertiary/aromatic N) is 1. The second-order valence-electron chi connectivity index (χ2n) is 4.52. The molecule has 0 aliphatic carbocycles. The maximum Gasteiger partial charge on any atom is 0.165 e. The van der Waals surface area contributed by atoms with Gasteiger partial charge in [0.05, 0.1) is 10.2 Å². The van der Waals surface area contributed by atoms with Gasteiger partial charge in [0.1, 0.15) is 0 Å². The molecule has 2 aromatic heterocycles. The standard InChI is InChI=1S/C17H11NOS2/c1-2-6-12(7-3-1)20-16-11-10-14(19-16)17-18-13-8-4-5-9-15(13)21-17/h1-11H. The molecular formula is C17H11NOS2. The Kier molecular flexibility index (Phi) is 3.25. The molecule has 0 saturated heterocycles. The normalized spacial score (nSPS) is 11.0. The van der Waals surface area contributed by atoms with Crippen LogP contribution >= 0.6 is 23.1 Å². The summed E-state index contributed by atoms with van der Waals surface area (Å²) in [4.78, 5) is 5.79. The van der Waals surface area contributed by atoms with Crippen molar-refractivity contribution in [3.63, 3.8) is 0 Å². The van der Waals surface area contributed by atoms with Gasteiger partial charge in [-0.15, -0.1) is 11.3 Å². The molecule has 102 valence electrons. The Hall–Kier alpha value is -2.04. The first-order chi connectivity index (χ1) is 10.4. The maximum atomic E-state index is 5.91. The summed E-state index contributed by atoms with van der Waals surface area (Å²) in [6.45, 7) is 0. The third kappa shape index (κ3) is 2.60. The van der Waals surface area contributed by atoms with Gasteiger partial charge in [0.25, 0.3) is 0 Å². The van der Waals surface area contributed by atoms with Crippen LogP contribution in [-0.2, 0) is 0 Å². The lowest BCUT2D eigenvalue weighted by molar-refractivity contribution is 0.488. The summed E-state index contributed by atoms with van der Waals surface area (Å²) >= 11 is 3.28. The van der Waals surface area contributed by atoms with E-state index in [1.54, 1.807) is 23.1 Å². The average Bonchev–Trinajstić information content (AvgIpc) is 3.14. The van der Waals surface area contributed by atoms with Crippen molar-refractivity contribution in [3.05, 3.63) is 66.7 Å². The van der Waals surface area contributed by atoms with E-state index in [0.29, 0.717) is 0 Å². The highest BCUT2D eigenvalue weighted by molar-refractivity contribution is 7.99. The molecule has 4 aromatic rings. The van der Waals surface area contributed by atoms with Gasteiger partial charge in [-0.25, -0.2) is 4.98 Å². The fourth-order valence-corrected chi connectivity index (χ4v) is 3.79. The molecule has 0 N–H and O–H groups in total. The molecule has 0 aliphatic rings. The summed E-state index contributed by atoms with van der Waals surface area (Å²) in [7, 11) is 0. The molecule has 0 saturated carbocycles. The van der Waals surface area contributed by atoms with Gasteiger partial charge in [-0.05, 0) is 36.4 Å². The van der Waals surface area contributed by atoms with Crippen molar-refractivity contribution < 1.29 is 4.42 Å². The second kappa shape index (κ2) is 5.39. The number of thiazole rings is 1. The summed E-state index contributed by atoms with van der Waals surface area (Å²) in [5.41, 5.74) is 1.02. The molecular weight excluding hydrogens is 298 g/mol. The van der Waals surface area contributed by atoms with Crippen molar-refractivity contribution in [2.45, 2.75) is 9.99 Å². The fourth-order valence-electron chi connectivity index (χ4n) is 2.07. The van der Waals surface area contributed by atoms with E-state index in [-0.39, 0.29) is 0 Å². The number of rotatable bonds is 3. The smallest absolute Gasteiger partial charge is 0.165 e. The van der Waals surface area contributed by atoms with Gasteiger partial charge in [-0.3, -0.25) is 0 Å². The molecule has 0 unspecified atom stereocenters. The van der Waals surface area contributed by atoms with Crippen LogP contribution in [0.25, 0.3) is 21.0 Å². The molecule has 0 amide bonds. The van der Waals surface area contributed by atoms with Crippen LogP contribution in [0.5, 0.6) is 0 Å². The minimum Gasteiger partial charge on any atom is -0.447 e. The molecule has 2 heterocycles. The van der Waals surface area contributed by atoms with E-state index in [2.05, 4.69) is 23.2 Å². The average molecular weight is 309 g/mol. The van der Waals surface area contributed by atoms with E-state index in [1.807, 2.05) is 48.5 Å². The number of aromatic nitrogens is 1. The van der Waals surface area contributed by atoms with E-state index in [0.717, 1.165) is 21.4 Å². The van der Waals surface area contributed by atoms with Crippen LogP contribution < -0.4 is 0 Å². The van der Waals surface area contributed by atoms with Gasteiger partial charge in [-0.1, -0.05) is 42.1 Å². The zero-order valence-corrected chi connectivity index (χ0v) is 12.7. The molecule has 0 fully saturated rings. The number of para-hydroxylation sites is 1. The molecule has 0 atom stereocenters. The predicted octanol–water partition coefficient (Wildman–Crippen LogP) is 5.71. The zero-order valence-electron chi connectivity index (χ0n) is 11.0. The molecule has 0 spiro atoms. The number of furan rings is 1. The number of benzene rings is 2. The molecule has 0 aliphatic heterocycles. The summed E-state index contributed by atoms with van der Waals surface area (Å²) in [5, 5.41) is 1.81. The van der Waals surface area contributed by atoms with E-state index >= 15 is 0 Å². The van der Waals surface area contributed by atoms with Crippen LogP contribution in [0.4, 0.5) is 0 Å². The first-order valence-corrected chi connectivity index (χ1v) is 8.20. The Morgan fingerprint density at radius 3 is 2.52 bits per heavy atom. The van der Waals surface area contributed by atoms with Gasteiger partial charge in [0.15, 0.2) is 15.9 Å². The lowest BCUT2D eigenvalue weighted by Gasteiger charge is -1.96. The van der Waals surface area contributed by atoms with E-state index in [1.165, 1.54) is 9.60 Å². The minimum atomic E-state index is 0.828. The van der Waals surface area contributed by atoms with Crippen molar-refractivity contribution in [3.8, 4) is 10.8 Å². The van der Waals surface area contributed by atoms with Crippen LogP contribution in [0.15, 0.2) is 81.1 Å². The zero-order chi connectivity index (χ0) is 14.1. The van der Waals surface area contributed by atoms with Gasteiger partial charge >= 0.3 is 0 Å². The number of hydrogen-bond donors (Lipinski definition) is 0. The largest absolute Gasteiger partial charge is 0.447 e. The quantitative estimate of drug-likeness (QED) is 0.485. The molecule has 0 bridgehead atoms. The summed E-state index contributed by atoms with van der Waals surface area (Å²) in [5.74, 6) is 0.828. The van der Waals surface area contributed by atoms with E-state index in [4.69, 9.17) is 4.42 Å². The van der Waals surface area contributed by atoms with Crippen molar-refractivity contribution in [1.82, 2.24) is 4.98 Å².